The third-order valence-electron chi connectivity index (χ3n) is 2.50. The highest BCUT2D eigenvalue weighted by atomic mass is 35.5. The summed E-state index contributed by atoms with van der Waals surface area (Å²) in [6.07, 6.45) is 0. The molecule has 0 radical (unpaired) electrons. The Morgan fingerprint density at radius 1 is 1.30 bits per heavy atom. The molecule has 7 heteroatoms. The molecule has 0 spiro atoms. The van der Waals surface area contributed by atoms with Crippen molar-refractivity contribution in [2.75, 3.05) is 12.4 Å². The number of carbonyl (C=O) groups is 2. The van der Waals surface area contributed by atoms with E-state index in [2.05, 4.69) is 10.1 Å². The zero-order chi connectivity index (χ0) is 14.7. The molecular formula is C13H10ClNO4S. The molecule has 0 atom stereocenters. The number of hydrogen-bond acceptors (Lipinski definition) is 5. The number of amides is 1. The summed E-state index contributed by atoms with van der Waals surface area (Å²) in [5.41, 5.74) is 0.331. The first-order valence-electron chi connectivity index (χ1n) is 5.48. The topological polar surface area (TPSA) is 75.6 Å². The van der Waals surface area contributed by atoms with Gasteiger partial charge in [0.1, 0.15) is 10.8 Å². The van der Waals surface area contributed by atoms with Crippen molar-refractivity contribution in [3.8, 4) is 5.75 Å². The number of thiophene rings is 1. The largest absolute Gasteiger partial charge is 0.507 e. The van der Waals surface area contributed by atoms with E-state index in [-0.39, 0.29) is 16.9 Å². The number of ether oxygens (including phenoxy) is 1. The lowest BCUT2D eigenvalue weighted by molar-refractivity contribution is 0.0602. The van der Waals surface area contributed by atoms with Crippen LogP contribution in [0, 0.1) is 0 Å². The number of hydrogen-bond donors (Lipinski definition) is 2. The van der Waals surface area contributed by atoms with Crippen LogP contribution in [0.5, 0.6) is 5.75 Å². The van der Waals surface area contributed by atoms with E-state index in [9.17, 15) is 14.7 Å². The number of carbonyl (C=O) groups excluding carboxylic acids is 2. The van der Waals surface area contributed by atoms with Crippen molar-refractivity contribution in [3.63, 3.8) is 0 Å². The van der Waals surface area contributed by atoms with Crippen molar-refractivity contribution in [3.05, 3.63) is 45.8 Å². The van der Waals surface area contributed by atoms with Gasteiger partial charge in [0.15, 0.2) is 0 Å². The summed E-state index contributed by atoms with van der Waals surface area (Å²) in [5.74, 6) is -1.31. The first-order valence-corrected chi connectivity index (χ1v) is 6.74. The number of halogens is 1. The molecule has 0 saturated heterocycles. The van der Waals surface area contributed by atoms with Crippen LogP contribution in [0.1, 0.15) is 20.7 Å². The summed E-state index contributed by atoms with van der Waals surface area (Å²) in [5, 5.41) is 14.6. The summed E-state index contributed by atoms with van der Waals surface area (Å²) in [4.78, 5) is 23.5. The average molecular weight is 312 g/mol. The highest BCUT2D eigenvalue weighted by Gasteiger charge is 2.18. The van der Waals surface area contributed by atoms with E-state index >= 15 is 0 Å². The number of phenolic OH excluding ortho intramolecular Hbond substituents is 1. The van der Waals surface area contributed by atoms with Crippen molar-refractivity contribution in [2.24, 2.45) is 0 Å². The van der Waals surface area contributed by atoms with Gasteiger partial charge in [0.05, 0.1) is 18.2 Å². The predicted octanol–water partition coefficient (Wildman–Crippen LogP) is 3.15. The molecule has 0 aliphatic heterocycles. The lowest BCUT2D eigenvalue weighted by atomic mass is 10.2. The number of nitrogens with one attached hydrogen (secondary N) is 1. The van der Waals surface area contributed by atoms with Gasteiger partial charge in [0.25, 0.3) is 5.91 Å². The van der Waals surface area contributed by atoms with Gasteiger partial charge in [-0.15, -0.1) is 11.3 Å². The van der Waals surface area contributed by atoms with Crippen molar-refractivity contribution in [1.29, 1.82) is 0 Å². The number of methoxy groups -OCH3 is 1. The zero-order valence-electron chi connectivity index (χ0n) is 10.3. The van der Waals surface area contributed by atoms with Gasteiger partial charge in [-0.3, -0.25) is 4.79 Å². The van der Waals surface area contributed by atoms with Crippen LogP contribution in [-0.4, -0.2) is 24.1 Å². The Balaban J connectivity index is 2.24. The van der Waals surface area contributed by atoms with Crippen LogP contribution in [0.25, 0.3) is 0 Å². The van der Waals surface area contributed by atoms with Crippen LogP contribution in [-0.2, 0) is 4.74 Å². The molecule has 20 heavy (non-hydrogen) atoms. The fraction of sp³-hybridized carbons (Fsp3) is 0.0769. The first-order chi connectivity index (χ1) is 9.52. The third kappa shape index (κ3) is 2.92. The molecule has 0 aliphatic carbocycles. The minimum atomic E-state index is -0.540. The molecule has 2 rings (SSSR count). The Bertz CT molecular complexity index is 668. The van der Waals surface area contributed by atoms with E-state index in [0.717, 1.165) is 0 Å². The normalized spacial score (nSPS) is 10.1. The smallest absolute Gasteiger partial charge is 0.340 e. The van der Waals surface area contributed by atoms with Crippen LogP contribution in [0.4, 0.5) is 5.00 Å². The van der Waals surface area contributed by atoms with Gasteiger partial charge in [-0.05, 0) is 29.6 Å². The second-order valence-electron chi connectivity index (χ2n) is 3.77. The number of phenols is 1. The van der Waals surface area contributed by atoms with Gasteiger partial charge in [-0.2, -0.15) is 0 Å². The molecule has 104 valence electrons. The van der Waals surface area contributed by atoms with E-state index in [4.69, 9.17) is 11.6 Å². The summed E-state index contributed by atoms with van der Waals surface area (Å²) in [6, 6.07) is 5.71. The summed E-state index contributed by atoms with van der Waals surface area (Å²) in [7, 11) is 1.26. The number of esters is 1. The SMILES string of the molecule is COC(=O)c1ccsc1NC(=O)c1ccc(Cl)cc1O. The van der Waals surface area contributed by atoms with Gasteiger partial charge < -0.3 is 15.2 Å². The second kappa shape index (κ2) is 5.94. The van der Waals surface area contributed by atoms with Crippen molar-refractivity contribution >= 4 is 39.8 Å². The van der Waals surface area contributed by atoms with Gasteiger partial charge in [-0.1, -0.05) is 11.6 Å². The maximum absolute atomic E-state index is 12.0. The predicted molar refractivity (Wildman–Crippen MR) is 76.7 cm³/mol. The number of rotatable bonds is 3. The molecule has 2 N–H and O–H groups in total. The van der Waals surface area contributed by atoms with Crippen molar-refractivity contribution in [2.45, 2.75) is 0 Å². The Labute approximate surface area is 123 Å². The zero-order valence-corrected chi connectivity index (χ0v) is 11.9. The molecule has 2 aromatic rings. The summed E-state index contributed by atoms with van der Waals surface area (Å²) in [6.45, 7) is 0. The fourth-order valence-electron chi connectivity index (χ4n) is 1.54. The van der Waals surface area contributed by atoms with E-state index in [0.29, 0.717) is 10.0 Å². The van der Waals surface area contributed by atoms with Crippen molar-refractivity contribution < 1.29 is 19.4 Å². The molecule has 0 saturated carbocycles. The molecule has 0 aliphatic rings. The highest BCUT2D eigenvalue weighted by Crippen LogP contribution is 2.27. The van der Waals surface area contributed by atoms with Gasteiger partial charge in [0.2, 0.25) is 0 Å². The number of benzene rings is 1. The maximum Gasteiger partial charge on any atom is 0.340 e. The molecule has 0 unspecified atom stereocenters. The first kappa shape index (κ1) is 14.4. The molecule has 0 fully saturated rings. The molecule has 1 amide bonds. The van der Waals surface area contributed by atoms with E-state index in [1.807, 2.05) is 0 Å². The Morgan fingerprint density at radius 3 is 2.70 bits per heavy atom. The van der Waals surface area contributed by atoms with Gasteiger partial charge in [0, 0.05) is 5.02 Å². The van der Waals surface area contributed by atoms with Crippen LogP contribution in [0.15, 0.2) is 29.6 Å². The average Bonchev–Trinajstić information content (AvgIpc) is 2.85. The van der Waals surface area contributed by atoms with Crippen LogP contribution in [0.2, 0.25) is 5.02 Å². The number of aromatic hydroxyl groups is 1. The van der Waals surface area contributed by atoms with Gasteiger partial charge in [-0.25, -0.2) is 4.79 Å². The van der Waals surface area contributed by atoms with E-state index in [1.54, 1.807) is 11.4 Å². The Hall–Kier alpha value is -2.05. The minimum absolute atomic E-state index is 0.0682. The maximum atomic E-state index is 12.0. The van der Waals surface area contributed by atoms with Crippen LogP contribution in [0.3, 0.4) is 0 Å². The third-order valence-corrected chi connectivity index (χ3v) is 3.57. The molecule has 1 heterocycles. The minimum Gasteiger partial charge on any atom is -0.507 e. The van der Waals surface area contributed by atoms with Crippen LogP contribution >= 0.6 is 22.9 Å². The second-order valence-corrected chi connectivity index (χ2v) is 5.12. The Kier molecular flexibility index (Phi) is 4.26. The summed E-state index contributed by atoms with van der Waals surface area (Å²) < 4.78 is 4.61. The van der Waals surface area contributed by atoms with Crippen molar-refractivity contribution in [1.82, 2.24) is 0 Å². The van der Waals surface area contributed by atoms with E-state index in [1.165, 1.54) is 36.6 Å². The fourth-order valence-corrected chi connectivity index (χ4v) is 2.48. The monoisotopic (exact) mass is 311 g/mol. The standard InChI is InChI=1S/C13H10ClNO4S/c1-19-13(18)9-4-5-20-12(9)15-11(17)8-3-2-7(14)6-10(8)16/h2-6,16H,1H3,(H,15,17). The van der Waals surface area contributed by atoms with Crippen LogP contribution < -0.4 is 5.32 Å². The van der Waals surface area contributed by atoms with Gasteiger partial charge >= 0.3 is 5.97 Å². The lowest BCUT2D eigenvalue weighted by Gasteiger charge is -2.07. The Morgan fingerprint density at radius 2 is 2.05 bits per heavy atom. The molecule has 0 bridgehead atoms. The molecular weight excluding hydrogens is 302 g/mol. The molecule has 5 nitrogen and oxygen atoms in total. The molecule has 1 aromatic heterocycles. The number of anilines is 1. The summed E-state index contributed by atoms with van der Waals surface area (Å²) >= 11 is 6.88. The lowest BCUT2D eigenvalue weighted by Crippen LogP contribution is -2.13. The molecule has 1 aromatic carbocycles. The van der Waals surface area contributed by atoms with E-state index < -0.39 is 11.9 Å². The quantitative estimate of drug-likeness (QED) is 0.854. The highest BCUT2D eigenvalue weighted by molar-refractivity contribution is 7.14.